The zero-order chi connectivity index (χ0) is 13.8. The van der Waals surface area contributed by atoms with Crippen molar-refractivity contribution in [3.8, 4) is 0 Å². The van der Waals surface area contributed by atoms with E-state index in [4.69, 9.17) is 28.3 Å². The molecule has 1 aromatic heterocycles. The molecule has 0 aliphatic carbocycles. The van der Waals surface area contributed by atoms with Crippen LogP contribution in [0, 0.1) is 0 Å². The highest BCUT2D eigenvalue weighted by Gasteiger charge is 2.09. The molecule has 0 aliphatic rings. The Morgan fingerprint density at radius 2 is 2.21 bits per heavy atom. The molecule has 0 bridgehead atoms. The summed E-state index contributed by atoms with van der Waals surface area (Å²) in [6, 6.07) is 5.45. The number of hydrogen-bond acceptors (Lipinski definition) is 4. The lowest BCUT2D eigenvalue weighted by molar-refractivity contribution is -0.118. The van der Waals surface area contributed by atoms with Gasteiger partial charge in [0.2, 0.25) is 0 Å². The van der Waals surface area contributed by atoms with Crippen molar-refractivity contribution >= 4 is 45.6 Å². The summed E-state index contributed by atoms with van der Waals surface area (Å²) in [7, 11) is 0. The van der Waals surface area contributed by atoms with Crippen molar-refractivity contribution in [1.29, 1.82) is 0 Å². The first kappa shape index (κ1) is 14.3. The minimum absolute atomic E-state index is 0.451. The van der Waals surface area contributed by atoms with Crippen LogP contribution in [-0.4, -0.2) is 22.6 Å². The van der Waals surface area contributed by atoms with Gasteiger partial charge in [0.1, 0.15) is 6.61 Å². The predicted octanol–water partition coefficient (Wildman–Crippen LogP) is 2.97. The molecule has 2 rings (SSSR count). The van der Waals surface area contributed by atoms with Crippen LogP contribution in [0.25, 0.3) is 0 Å². The predicted molar refractivity (Wildman–Crippen MR) is 77.1 cm³/mol. The number of hydrogen-bond donors (Lipinski definition) is 2. The summed E-state index contributed by atoms with van der Waals surface area (Å²) in [6.45, 7) is -0.560. The van der Waals surface area contributed by atoms with Gasteiger partial charge in [-0.15, -0.1) is 11.3 Å². The highest BCUT2D eigenvalue weighted by Crippen LogP contribution is 2.29. The van der Waals surface area contributed by atoms with E-state index >= 15 is 0 Å². The van der Waals surface area contributed by atoms with E-state index in [9.17, 15) is 4.79 Å². The molecule has 100 valence electrons. The normalized spacial score (nSPS) is 10.5. The molecule has 1 heterocycles. The Kier molecular flexibility index (Phi) is 4.76. The molecule has 0 unspecified atom stereocenters. The van der Waals surface area contributed by atoms with Crippen molar-refractivity contribution in [3.05, 3.63) is 44.9 Å². The Hall–Kier alpha value is -1.14. The third-order valence-corrected chi connectivity index (χ3v) is 4.11. The van der Waals surface area contributed by atoms with Crippen LogP contribution in [0.4, 0.5) is 5.13 Å². The number of carbonyl (C=O) groups excluding carboxylic acids is 1. The molecule has 0 atom stereocenters. The Morgan fingerprint density at radius 3 is 2.95 bits per heavy atom. The van der Waals surface area contributed by atoms with Crippen molar-refractivity contribution in [1.82, 2.24) is 4.98 Å². The van der Waals surface area contributed by atoms with Crippen LogP contribution in [-0.2, 0) is 11.2 Å². The number of thiazole rings is 1. The number of nitrogens with zero attached hydrogens (tertiary/aromatic N) is 1. The fourth-order valence-corrected chi connectivity index (χ4v) is 2.72. The monoisotopic (exact) mass is 316 g/mol. The summed E-state index contributed by atoms with van der Waals surface area (Å²) < 4.78 is 0. The molecule has 0 saturated carbocycles. The van der Waals surface area contributed by atoms with Gasteiger partial charge >= 0.3 is 0 Å². The first-order valence-electron chi connectivity index (χ1n) is 5.38. The van der Waals surface area contributed by atoms with Crippen LogP contribution in [0.3, 0.4) is 0 Å². The van der Waals surface area contributed by atoms with Crippen LogP contribution in [0.5, 0.6) is 0 Å². The van der Waals surface area contributed by atoms with Crippen LogP contribution in [0.2, 0.25) is 10.0 Å². The Bertz CT molecular complexity index is 601. The molecule has 1 aromatic carbocycles. The summed E-state index contributed by atoms with van der Waals surface area (Å²) in [5, 5.41) is 12.6. The minimum Gasteiger partial charge on any atom is -0.387 e. The van der Waals surface area contributed by atoms with Gasteiger partial charge < -0.3 is 5.11 Å². The third-order valence-electron chi connectivity index (χ3n) is 2.34. The van der Waals surface area contributed by atoms with Gasteiger partial charge in [0, 0.05) is 17.5 Å². The van der Waals surface area contributed by atoms with E-state index in [1.165, 1.54) is 11.3 Å². The first-order chi connectivity index (χ1) is 9.10. The lowest BCUT2D eigenvalue weighted by Crippen LogP contribution is -2.14. The second kappa shape index (κ2) is 6.34. The van der Waals surface area contributed by atoms with Crippen LogP contribution in [0.15, 0.2) is 24.4 Å². The average Bonchev–Trinajstić information content (AvgIpc) is 2.82. The van der Waals surface area contributed by atoms with Gasteiger partial charge in [-0.05, 0) is 11.6 Å². The van der Waals surface area contributed by atoms with Gasteiger partial charge in [-0.3, -0.25) is 10.1 Å². The zero-order valence-electron chi connectivity index (χ0n) is 9.69. The molecule has 0 radical (unpaired) electrons. The second-order valence-electron chi connectivity index (χ2n) is 3.73. The lowest BCUT2D eigenvalue weighted by Gasteiger charge is -2.03. The zero-order valence-corrected chi connectivity index (χ0v) is 12.0. The Morgan fingerprint density at radius 1 is 1.42 bits per heavy atom. The van der Waals surface area contributed by atoms with Crippen LogP contribution >= 0.6 is 34.5 Å². The van der Waals surface area contributed by atoms with Gasteiger partial charge in [0.25, 0.3) is 5.91 Å². The number of amides is 1. The van der Waals surface area contributed by atoms with Crippen molar-refractivity contribution in [2.75, 3.05) is 11.9 Å². The molecule has 0 aliphatic heterocycles. The van der Waals surface area contributed by atoms with E-state index < -0.39 is 12.5 Å². The number of aliphatic hydroxyl groups excluding tert-OH is 1. The maximum Gasteiger partial charge on any atom is 0.251 e. The molecule has 2 N–H and O–H groups in total. The van der Waals surface area contributed by atoms with E-state index in [2.05, 4.69) is 10.3 Å². The number of carbonyl (C=O) groups is 1. The smallest absolute Gasteiger partial charge is 0.251 e. The SMILES string of the molecule is O=C(CO)Nc1ncc(Cc2cccc(Cl)c2Cl)s1. The Labute approximate surface area is 124 Å². The molecule has 4 nitrogen and oxygen atoms in total. The largest absolute Gasteiger partial charge is 0.387 e. The standard InChI is InChI=1S/C12H10Cl2N2O2S/c13-9-3-1-2-7(11(9)14)4-8-5-15-12(19-8)16-10(18)6-17/h1-3,5,17H,4,6H2,(H,15,16,18). The van der Waals surface area contributed by atoms with Crippen molar-refractivity contribution < 1.29 is 9.90 Å². The summed E-state index contributed by atoms with van der Waals surface area (Å²) in [4.78, 5) is 16.0. The topological polar surface area (TPSA) is 62.2 Å². The molecule has 7 heteroatoms. The average molecular weight is 317 g/mol. The summed E-state index contributed by atoms with van der Waals surface area (Å²) >= 11 is 13.4. The molecule has 0 fully saturated rings. The van der Waals surface area contributed by atoms with Crippen molar-refractivity contribution in [2.24, 2.45) is 0 Å². The fraction of sp³-hybridized carbons (Fsp3) is 0.167. The van der Waals surface area contributed by atoms with Crippen molar-refractivity contribution in [3.63, 3.8) is 0 Å². The minimum atomic E-state index is -0.560. The molecule has 0 saturated heterocycles. The molecule has 1 amide bonds. The summed E-state index contributed by atoms with van der Waals surface area (Å²) in [6.07, 6.45) is 2.25. The molecule has 0 spiro atoms. The van der Waals surface area contributed by atoms with E-state index in [0.29, 0.717) is 21.6 Å². The number of rotatable bonds is 4. The van der Waals surface area contributed by atoms with Gasteiger partial charge in [-0.25, -0.2) is 4.98 Å². The molecule has 2 aromatic rings. The number of aromatic nitrogens is 1. The first-order valence-corrected chi connectivity index (χ1v) is 6.95. The fourth-order valence-electron chi connectivity index (χ4n) is 1.48. The maximum absolute atomic E-state index is 11.0. The lowest BCUT2D eigenvalue weighted by atomic mass is 10.1. The van der Waals surface area contributed by atoms with E-state index in [1.54, 1.807) is 12.3 Å². The highest BCUT2D eigenvalue weighted by atomic mass is 35.5. The second-order valence-corrected chi connectivity index (χ2v) is 5.63. The number of nitrogens with one attached hydrogen (secondary N) is 1. The number of anilines is 1. The number of benzene rings is 1. The van der Waals surface area contributed by atoms with E-state index in [1.807, 2.05) is 12.1 Å². The van der Waals surface area contributed by atoms with E-state index in [-0.39, 0.29) is 0 Å². The van der Waals surface area contributed by atoms with Crippen molar-refractivity contribution in [2.45, 2.75) is 6.42 Å². The van der Waals surface area contributed by atoms with Gasteiger partial charge in [-0.1, -0.05) is 35.3 Å². The summed E-state index contributed by atoms with van der Waals surface area (Å²) in [5.41, 5.74) is 0.901. The van der Waals surface area contributed by atoms with Gasteiger partial charge in [0.15, 0.2) is 5.13 Å². The maximum atomic E-state index is 11.0. The molecular formula is C12H10Cl2N2O2S. The number of halogens is 2. The van der Waals surface area contributed by atoms with Crippen LogP contribution in [0.1, 0.15) is 10.4 Å². The highest BCUT2D eigenvalue weighted by molar-refractivity contribution is 7.15. The number of aliphatic hydroxyl groups is 1. The van der Waals surface area contributed by atoms with Gasteiger partial charge in [0.05, 0.1) is 10.0 Å². The third kappa shape index (κ3) is 3.67. The van der Waals surface area contributed by atoms with Crippen LogP contribution < -0.4 is 5.32 Å². The quantitative estimate of drug-likeness (QED) is 0.911. The van der Waals surface area contributed by atoms with E-state index in [0.717, 1.165) is 10.4 Å². The molecular weight excluding hydrogens is 307 g/mol. The summed E-state index contributed by atoms with van der Waals surface area (Å²) in [5.74, 6) is -0.485. The Balaban J connectivity index is 2.11. The van der Waals surface area contributed by atoms with Gasteiger partial charge in [-0.2, -0.15) is 0 Å². The molecule has 19 heavy (non-hydrogen) atoms.